The Morgan fingerprint density at radius 1 is 1.17 bits per heavy atom. The Morgan fingerprint density at radius 3 is 3.04 bits per heavy atom. The molecule has 7 heteroatoms. The third kappa shape index (κ3) is 2.01. The van der Waals surface area contributed by atoms with Crippen molar-refractivity contribution in [2.75, 3.05) is 18.2 Å². The number of rotatable bonds is 2. The quantitative estimate of drug-likeness (QED) is 0.722. The predicted octanol–water partition coefficient (Wildman–Crippen LogP) is 2.50. The summed E-state index contributed by atoms with van der Waals surface area (Å²) in [5.74, 6) is 3.33. The zero-order valence-corrected chi connectivity index (χ0v) is 13.3. The molecule has 2 aliphatic rings. The van der Waals surface area contributed by atoms with Crippen molar-refractivity contribution in [2.45, 2.75) is 25.8 Å². The molecule has 4 heterocycles. The first kappa shape index (κ1) is 13.6. The van der Waals surface area contributed by atoms with Crippen molar-refractivity contribution in [1.29, 1.82) is 0 Å². The molecule has 1 saturated heterocycles. The maximum atomic E-state index is 5.54. The summed E-state index contributed by atoms with van der Waals surface area (Å²) in [5, 5.41) is 4.35. The molecule has 1 atom stereocenters. The Labute approximate surface area is 138 Å². The predicted molar refractivity (Wildman–Crippen MR) is 87.4 cm³/mol. The van der Waals surface area contributed by atoms with Gasteiger partial charge in [-0.25, -0.2) is 4.98 Å². The smallest absolute Gasteiger partial charge is 0.254 e. The van der Waals surface area contributed by atoms with Crippen molar-refractivity contribution >= 4 is 11.6 Å². The van der Waals surface area contributed by atoms with Gasteiger partial charge in [0, 0.05) is 18.3 Å². The number of aromatic nitrogens is 4. The normalized spacial score (nSPS) is 19.4. The Kier molecular flexibility index (Phi) is 2.88. The summed E-state index contributed by atoms with van der Waals surface area (Å²) in [7, 11) is 0. The van der Waals surface area contributed by atoms with Crippen molar-refractivity contribution in [2.24, 2.45) is 0 Å². The zero-order chi connectivity index (χ0) is 16.1. The van der Waals surface area contributed by atoms with Crippen LogP contribution >= 0.6 is 0 Å². The van der Waals surface area contributed by atoms with Gasteiger partial charge < -0.3 is 14.4 Å². The molecule has 7 nitrogen and oxygen atoms in total. The van der Waals surface area contributed by atoms with Gasteiger partial charge in [-0.3, -0.25) is 0 Å². The summed E-state index contributed by atoms with van der Waals surface area (Å²) in [6.45, 7) is 3.28. The average molecular weight is 323 g/mol. The highest BCUT2D eigenvalue weighted by Gasteiger charge is 2.29. The number of ether oxygens (including phenoxy) is 2. The number of hydrogen-bond donors (Lipinski definition) is 0. The number of anilines is 1. The van der Waals surface area contributed by atoms with Crippen molar-refractivity contribution in [3.63, 3.8) is 0 Å². The minimum absolute atomic E-state index is 0.286. The number of fused-ring (bicyclic) bond motifs is 2. The molecule has 0 bridgehead atoms. The highest BCUT2D eigenvalue weighted by Crippen LogP contribution is 2.40. The van der Waals surface area contributed by atoms with Gasteiger partial charge in [-0.15, -0.1) is 0 Å². The first-order chi connectivity index (χ1) is 11.8. The lowest BCUT2D eigenvalue weighted by Gasteiger charge is -2.27. The summed E-state index contributed by atoms with van der Waals surface area (Å²) >= 11 is 0. The standard InChI is InChI=1S/C17H17N5O2/c1-11-7-16(22-17(20-11)18-9-19-22)21-6-2-3-13(21)12-4-5-14-15(8-12)24-10-23-14/h4-5,7-9,13H,2-3,6,10H2,1H3/t13-/m1/s1. The molecule has 1 aromatic carbocycles. The van der Waals surface area contributed by atoms with Crippen LogP contribution in [0.2, 0.25) is 0 Å². The summed E-state index contributed by atoms with van der Waals surface area (Å²) in [6.07, 6.45) is 3.78. The summed E-state index contributed by atoms with van der Waals surface area (Å²) in [6, 6.07) is 8.58. The lowest BCUT2D eigenvalue weighted by molar-refractivity contribution is 0.174. The second kappa shape index (κ2) is 5.09. The molecule has 2 aliphatic heterocycles. The topological polar surface area (TPSA) is 64.8 Å². The monoisotopic (exact) mass is 323 g/mol. The van der Waals surface area contributed by atoms with Crippen LogP contribution in [0.4, 0.5) is 5.82 Å². The minimum atomic E-state index is 0.286. The SMILES string of the molecule is Cc1cc(N2CCC[C@@H]2c2ccc3c(c2)OCO3)n2ncnc2n1. The summed E-state index contributed by atoms with van der Waals surface area (Å²) in [4.78, 5) is 11.1. The molecule has 5 rings (SSSR count). The van der Waals surface area contributed by atoms with Crippen LogP contribution in [-0.4, -0.2) is 32.9 Å². The molecule has 0 unspecified atom stereocenters. The van der Waals surface area contributed by atoms with Crippen molar-refractivity contribution in [3.8, 4) is 11.5 Å². The van der Waals surface area contributed by atoms with E-state index in [1.54, 1.807) is 6.33 Å². The Morgan fingerprint density at radius 2 is 2.08 bits per heavy atom. The van der Waals surface area contributed by atoms with E-state index in [0.717, 1.165) is 42.4 Å². The van der Waals surface area contributed by atoms with Gasteiger partial charge in [-0.1, -0.05) is 6.07 Å². The van der Waals surface area contributed by atoms with Crippen LogP contribution in [0.15, 0.2) is 30.6 Å². The second-order valence-electron chi connectivity index (χ2n) is 6.19. The van der Waals surface area contributed by atoms with E-state index in [1.165, 1.54) is 5.56 Å². The molecule has 0 saturated carbocycles. The van der Waals surface area contributed by atoms with Crippen LogP contribution in [0.1, 0.15) is 30.1 Å². The van der Waals surface area contributed by atoms with Crippen molar-refractivity contribution in [1.82, 2.24) is 19.6 Å². The zero-order valence-electron chi connectivity index (χ0n) is 13.3. The van der Waals surface area contributed by atoms with E-state index in [1.807, 2.05) is 17.5 Å². The fourth-order valence-electron chi connectivity index (χ4n) is 3.62. The van der Waals surface area contributed by atoms with Crippen molar-refractivity contribution < 1.29 is 9.47 Å². The van der Waals surface area contributed by atoms with Gasteiger partial charge in [0.1, 0.15) is 12.1 Å². The fraction of sp³-hybridized carbons (Fsp3) is 0.353. The third-order valence-electron chi connectivity index (χ3n) is 4.69. The van der Waals surface area contributed by atoms with Gasteiger partial charge in [-0.2, -0.15) is 14.6 Å². The molecule has 0 radical (unpaired) electrons. The number of nitrogens with zero attached hydrogens (tertiary/aromatic N) is 5. The van der Waals surface area contributed by atoms with Crippen molar-refractivity contribution in [3.05, 3.63) is 41.9 Å². The van der Waals surface area contributed by atoms with Gasteiger partial charge in [0.05, 0.1) is 6.04 Å². The number of benzene rings is 1. The highest BCUT2D eigenvalue weighted by molar-refractivity contribution is 5.52. The molecule has 0 N–H and O–H groups in total. The van der Waals surface area contributed by atoms with Crippen LogP contribution in [-0.2, 0) is 0 Å². The molecule has 3 aromatic rings. The van der Waals surface area contributed by atoms with E-state index in [0.29, 0.717) is 12.6 Å². The molecular formula is C17H17N5O2. The van der Waals surface area contributed by atoms with E-state index in [-0.39, 0.29) is 6.04 Å². The first-order valence-electron chi connectivity index (χ1n) is 8.13. The van der Waals surface area contributed by atoms with Gasteiger partial charge in [0.2, 0.25) is 6.79 Å². The molecule has 1 fully saturated rings. The third-order valence-corrected chi connectivity index (χ3v) is 4.69. The molecule has 122 valence electrons. The Bertz CT molecular complexity index is 922. The van der Waals surface area contributed by atoms with Gasteiger partial charge in [-0.05, 0) is 37.5 Å². The molecule has 24 heavy (non-hydrogen) atoms. The van der Waals surface area contributed by atoms with Crippen LogP contribution < -0.4 is 14.4 Å². The molecule has 2 aromatic heterocycles. The molecule has 0 amide bonds. The van der Waals surface area contributed by atoms with Crippen LogP contribution in [0.3, 0.4) is 0 Å². The number of hydrogen-bond acceptors (Lipinski definition) is 6. The fourth-order valence-corrected chi connectivity index (χ4v) is 3.62. The van der Waals surface area contributed by atoms with E-state index < -0.39 is 0 Å². The number of aryl methyl sites for hydroxylation is 1. The van der Waals surface area contributed by atoms with E-state index in [9.17, 15) is 0 Å². The Balaban J connectivity index is 1.58. The van der Waals surface area contributed by atoms with E-state index in [4.69, 9.17) is 9.47 Å². The Hall–Kier alpha value is -2.83. The van der Waals surface area contributed by atoms with E-state index >= 15 is 0 Å². The maximum Gasteiger partial charge on any atom is 0.254 e. The van der Waals surface area contributed by atoms with Crippen LogP contribution in [0.25, 0.3) is 5.78 Å². The summed E-state index contributed by atoms with van der Waals surface area (Å²) in [5.41, 5.74) is 2.18. The van der Waals surface area contributed by atoms with Gasteiger partial charge in [0.25, 0.3) is 5.78 Å². The highest BCUT2D eigenvalue weighted by atomic mass is 16.7. The molecule has 0 aliphatic carbocycles. The lowest BCUT2D eigenvalue weighted by atomic mass is 10.0. The molecular weight excluding hydrogens is 306 g/mol. The minimum Gasteiger partial charge on any atom is -0.454 e. The van der Waals surface area contributed by atoms with Gasteiger partial charge >= 0.3 is 0 Å². The van der Waals surface area contributed by atoms with E-state index in [2.05, 4.69) is 38.2 Å². The first-order valence-corrected chi connectivity index (χ1v) is 8.13. The molecule has 0 spiro atoms. The van der Waals surface area contributed by atoms with Crippen LogP contribution in [0, 0.1) is 6.92 Å². The van der Waals surface area contributed by atoms with Gasteiger partial charge in [0.15, 0.2) is 11.5 Å². The van der Waals surface area contributed by atoms with Crippen LogP contribution in [0.5, 0.6) is 11.5 Å². The largest absolute Gasteiger partial charge is 0.454 e. The second-order valence-corrected chi connectivity index (χ2v) is 6.19. The lowest BCUT2D eigenvalue weighted by Crippen LogP contribution is -2.25. The average Bonchev–Trinajstić information content (AvgIpc) is 3.32. The maximum absolute atomic E-state index is 5.54. The summed E-state index contributed by atoms with van der Waals surface area (Å²) < 4.78 is 12.8.